The average molecular weight is 508 g/mol. The molecule has 0 spiro atoms. The number of ether oxygens (including phenoxy) is 2. The molecule has 1 heterocycles. The van der Waals surface area contributed by atoms with Crippen molar-refractivity contribution in [2.24, 2.45) is 5.92 Å². The molecule has 0 aromatic heterocycles. The average Bonchev–Trinajstić information content (AvgIpc) is 3.63. The second-order valence-electron chi connectivity index (χ2n) is 9.08. The fourth-order valence-corrected chi connectivity index (χ4v) is 4.68. The number of anilines is 2. The van der Waals surface area contributed by atoms with E-state index in [-0.39, 0.29) is 29.6 Å². The minimum absolute atomic E-state index is 0.0349. The number of benzene rings is 2. The smallest absolute Gasteiger partial charge is 0.412 e. The van der Waals surface area contributed by atoms with E-state index in [9.17, 15) is 22.4 Å². The van der Waals surface area contributed by atoms with E-state index in [1.807, 2.05) is 0 Å². The second kappa shape index (κ2) is 10.5. The summed E-state index contributed by atoms with van der Waals surface area (Å²) in [6.07, 6.45) is 1.54. The number of hydrogen-bond donors (Lipinski definition) is 2. The van der Waals surface area contributed by atoms with Crippen molar-refractivity contribution in [3.63, 3.8) is 0 Å². The lowest BCUT2D eigenvalue weighted by Crippen LogP contribution is -2.38. The van der Waals surface area contributed by atoms with Crippen molar-refractivity contribution in [3.8, 4) is 5.75 Å². The van der Waals surface area contributed by atoms with Gasteiger partial charge in [0.2, 0.25) is 5.91 Å². The number of sulfonamides is 1. The highest BCUT2D eigenvalue weighted by atomic mass is 32.2. The molecular weight excluding hydrogens is 477 g/mol. The van der Waals surface area contributed by atoms with Gasteiger partial charge in [0.25, 0.3) is 10.0 Å². The summed E-state index contributed by atoms with van der Waals surface area (Å²) in [6.45, 7) is 5.48. The summed E-state index contributed by atoms with van der Waals surface area (Å²) in [5, 5.41) is 5.17. The molecule has 2 aromatic rings. The van der Waals surface area contributed by atoms with Crippen LogP contribution in [0.25, 0.3) is 0 Å². The number of carbonyl (C=O) groups excluding carboxylic acids is 2. The topological polar surface area (TPSA) is 114 Å². The van der Waals surface area contributed by atoms with Crippen LogP contribution in [0.2, 0.25) is 0 Å². The summed E-state index contributed by atoms with van der Waals surface area (Å²) in [4.78, 5) is 22.4. The summed E-state index contributed by atoms with van der Waals surface area (Å²) in [6, 6.07) is 9.28. The van der Waals surface area contributed by atoms with Gasteiger partial charge in [-0.2, -0.15) is 0 Å². The van der Waals surface area contributed by atoms with Gasteiger partial charge in [-0.1, -0.05) is 0 Å². The number of nitrogens with one attached hydrogen (secondary N) is 2. The molecule has 190 valence electrons. The molecule has 2 N–H and O–H groups in total. The van der Waals surface area contributed by atoms with Gasteiger partial charge in [-0.3, -0.25) is 14.4 Å². The van der Waals surface area contributed by atoms with Gasteiger partial charge in [0.05, 0.1) is 17.1 Å². The third kappa shape index (κ3) is 7.08. The first-order chi connectivity index (χ1) is 16.4. The Hall–Kier alpha value is -3.34. The van der Waals surface area contributed by atoms with E-state index in [0.29, 0.717) is 17.4 Å². The highest BCUT2D eigenvalue weighted by molar-refractivity contribution is 7.92. The molecule has 1 aliphatic carbocycles. The summed E-state index contributed by atoms with van der Waals surface area (Å²) in [5.74, 6) is 0.418. The van der Waals surface area contributed by atoms with Crippen LogP contribution >= 0.6 is 0 Å². The minimum Gasteiger partial charge on any atom is -0.489 e. The molecule has 1 aliphatic heterocycles. The molecule has 9 nitrogen and oxygen atoms in total. The third-order valence-electron chi connectivity index (χ3n) is 5.02. The largest absolute Gasteiger partial charge is 0.489 e. The van der Waals surface area contributed by atoms with Crippen molar-refractivity contribution in [1.29, 1.82) is 0 Å². The summed E-state index contributed by atoms with van der Waals surface area (Å²) in [5.41, 5.74) is -0.0266. The van der Waals surface area contributed by atoms with Crippen LogP contribution in [0.15, 0.2) is 47.4 Å². The highest BCUT2D eigenvalue weighted by Crippen LogP contribution is 2.37. The van der Waals surface area contributed by atoms with Gasteiger partial charge in [-0.05, 0) is 76.1 Å². The molecule has 0 saturated heterocycles. The van der Waals surface area contributed by atoms with Crippen molar-refractivity contribution < 1.29 is 31.9 Å². The lowest BCUT2D eigenvalue weighted by Gasteiger charge is -2.31. The normalized spacial score (nSPS) is 15.1. The van der Waals surface area contributed by atoms with Crippen molar-refractivity contribution in [1.82, 2.24) is 5.32 Å². The van der Waals surface area contributed by atoms with Crippen LogP contribution in [0.1, 0.15) is 33.6 Å². The zero-order valence-electron chi connectivity index (χ0n) is 20.1. The molecule has 35 heavy (non-hydrogen) atoms. The van der Waals surface area contributed by atoms with E-state index in [4.69, 9.17) is 9.47 Å². The van der Waals surface area contributed by atoms with Gasteiger partial charge in [-0.25, -0.2) is 17.6 Å². The van der Waals surface area contributed by atoms with E-state index in [1.54, 1.807) is 40.0 Å². The van der Waals surface area contributed by atoms with Crippen LogP contribution in [-0.2, 0) is 19.6 Å². The lowest BCUT2D eigenvalue weighted by molar-refractivity contribution is -0.121. The number of fused-ring (bicyclic) bond motifs is 1. The van der Waals surface area contributed by atoms with E-state index in [1.165, 1.54) is 22.5 Å². The van der Waals surface area contributed by atoms with Crippen LogP contribution in [0.3, 0.4) is 0 Å². The highest BCUT2D eigenvalue weighted by Gasteiger charge is 2.31. The second-order valence-corrected chi connectivity index (χ2v) is 10.9. The Morgan fingerprint density at radius 1 is 1.11 bits per heavy atom. The number of hydrogen-bond acceptors (Lipinski definition) is 6. The molecule has 11 heteroatoms. The fourth-order valence-electron chi connectivity index (χ4n) is 3.23. The zero-order chi connectivity index (χ0) is 25.8. The first-order valence-electron chi connectivity index (χ1n) is 11.2. The maximum Gasteiger partial charge on any atom is 0.412 e. The van der Waals surface area contributed by atoms with Crippen LogP contribution < -0.4 is 19.7 Å². The van der Waals surface area contributed by atoms with E-state index < -0.39 is 27.5 Å². The van der Waals surface area contributed by atoms with Crippen LogP contribution in [-0.4, -0.2) is 46.2 Å². The van der Waals surface area contributed by atoms with E-state index in [2.05, 4.69) is 10.6 Å². The molecule has 2 aromatic carbocycles. The maximum absolute atomic E-state index is 13.2. The number of carbonyl (C=O) groups is 2. The SMILES string of the molecule is CC(C)(C)OC(=O)Nc1ccc2c(c1)N(S(=O)(=O)c1ccc(F)cc1)CCO2.CNC(=O)C1CC1. The van der Waals surface area contributed by atoms with E-state index in [0.717, 1.165) is 25.0 Å². The monoisotopic (exact) mass is 507 g/mol. The summed E-state index contributed by atoms with van der Waals surface area (Å²) < 4.78 is 51.1. The molecular formula is C24H30FN3O6S. The summed E-state index contributed by atoms with van der Waals surface area (Å²) >= 11 is 0. The van der Waals surface area contributed by atoms with E-state index >= 15 is 0 Å². The van der Waals surface area contributed by atoms with Gasteiger partial charge < -0.3 is 14.8 Å². The Bertz CT molecular complexity index is 1170. The number of nitrogens with zero attached hydrogens (tertiary/aromatic N) is 1. The van der Waals surface area contributed by atoms with Crippen molar-refractivity contribution in [3.05, 3.63) is 48.3 Å². The quantitative estimate of drug-likeness (QED) is 0.649. The molecule has 4 rings (SSSR count). The fraction of sp³-hybridized carbons (Fsp3) is 0.417. The Labute approximate surface area is 204 Å². The zero-order valence-corrected chi connectivity index (χ0v) is 20.9. The Kier molecular flexibility index (Phi) is 7.89. The summed E-state index contributed by atoms with van der Waals surface area (Å²) in [7, 11) is -2.24. The molecule has 2 amide bonds. The van der Waals surface area contributed by atoms with Crippen LogP contribution in [0.4, 0.5) is 20.6 Å². The molecule has 0 radical (unpaired) electrons. The Morgan fingerprint density at radius 2 is 1.77 bits per heavy atom. The Balaban J connectivity index is 0.000000420. The van der Waals surface area contributed by atoms with Gasteiger partial charge in [0.1, 0.15) is 23.8 Å². The molecule has 1 saturated carbocycles. The predicted octanol–water partition coefficient (Wildman–Crippen LogP) is 3.90. The molecule has 0 unspecified atom stereocenters. The number of rotatable bonds is 4. The van der Waals surface area contributed by atoms with Crippen molar-refractivity contribution in [2.45, 2.75) is 44.1 Å². The van der Waals surface area contributed by atoms with Gasteiger partial charge in [0.15, 0.2) is 0 Å². The molecule has 0 bridgehead atoms. The third-order valence-corrected chi connectivity index (χ3v) is 6.85. The molecule has 0 atom stereocenters. The van der Waals surface area contributed by atoms with Crippen molar-refractivity contribution >= 4 is 33.4 Å². The standard InChI is InChI=1S/C19H21FN2O5S.C5H9NO/c1-19(2,3)27-18(23)21-14-6-9-17-16(12-14)22(10-11-26-17)28(24,25)15-7-4-13(20)5-8-15;1-6-5(7)4-2-3-4/h4-9,12H,10-11H2,1-3H3,(H,21,23);4H,2-3H2,1H3,(H,6,7). The first kappa shape index (κ1) is 26.3. The van der Waals surface area contributed by atoms with Gasteiger partial charge >= 0.3 is 6.09 Å². The first-order valence-corrected chi connectivity index (χ1v) is 12.6. The van der Waals surface area contributed by atoms with Crippen LogP contribution in [0.5, 0.6) is 5.75 Å². The Morgan fingerprint density at radius 3 is 2.31 bits per heavy atom. The minimum atomic E-state index is -3.92. The van der Waals surface area contributed by atoms with Crippen molar-refractivity contribution in [2.75, 3.05) is 29.8 Å². The number of halogens is 1. The van der Waals surface area contributed by atoms with Crippen LogP contribution in [0, 0.1) is 11.7 Å². The molecule has 2 aliphatic rings. The maximum atomic E-state index is 13.2. The predicted molar refractivity (Wildman–Crippen MR) is 130 cm³/mol. The molecule has 1 fully saturated rings. The van der Waals surface area contributed by atoms with Gasteiger partial charge in [0, 0.05) is 18.7 Å². The lowest BCUT2D eigenvalue weighted by atomic mass is 10.2. The van der Waals surface area contributed by atoms with Gasteiger partial charge in [-0.15, -0.1) is 0 Å². The number of amides is 2.